The van der Waals surface area contributed by atoms with Crippen LogP contribution >= 0.6 is 0 Å². The third kappa shape index (κ3) is 3.33. The number of fused-ring (bicyclic) bond motifs is 1. The number of aryl methyl sites for hydroxylation is 1. The van der Waals surface area contributed by atoms with Gasteiger partial charge >= 0.3 is 0 Å². The molecule has 0 unspecified atom stereocenters. The molecule has 3 rings (SSSR count). The quantitative estimate of drug-likeness (QED) is 0.767. The van der Waals surface area contributed by atoms with Crippen molar-refractivity contribution in [3.8, 4) is 0 Å². The number of pyridine rings is 1. The molecule has 0 aliphatic rings. The number of rotatable bonds is 2. The largest absolute Gasteiger partial charge is 0.322 e. The lowest BCUT2D eigenvalue weighted by Gasteiger charge is -2.19. The highest BCUT2D eigenvalue weighted by molar-refractivity contribution is 6.12. The van der Waals surface area contributed by atoms with Crippen molar-refractivity contribution in [3.05, 3.63) is 76.1 Å². The summed E-state index contributed by atoms with van der Waals surface area (Å²) >= 11 is 0. The van der Waals surface area contributed by atoms with Crippen LogP contribution in [0.15, 0.2) is 59.4 Å². The molecule has 1 N–H and O–H groups in total. The first-order valence-corrected chi connectivity index (χ1v) is 8.28. The minimum atomic E-state index is -0.280. The number of nitrogens with zero attached hydrogens (tertiary/aromatic N) is 1. The first-order valence-electron chi connectivity index (χ1n) is 8.28. The van der Waals surface area contributed by atoms with Crippen LogP contribution in [-0.2, 0) is 12.5 Å². The zero-order valence-corrected chi connectivity index (χ0v) is 15.0. The lowest BCUT2D eigenvalue weighted by molar-refractivity contribution is 0.102. The first kappa shape index (κ1) is 17.0. The molecule has 0 saturated heterocycles. The number of carbonyl (C=O) groups is 1. The molecule has 0 fully saturated rings. The highest BCUT2D eigenvalue weighted by Gasteiger charge is 2.15. The Kier molecular flexibility index (Phi) is 4.21. The molecule has 4 heteroatoms. The molecule has 1 heterocycles. The fourth-order valence-corrected chi connectivity index (χ4v) is 2.85. The third-order valence-corrected chi connectivity index (χ3v) is 4.41. The number of anilines is 1. The van der Waals surface area contributed by atoms with Crippen LogP contribution in [0.3, 0.4) is 0 Å². The number of hydrogen-bond acceptors (Lipinski definition) is 2. The fourth-order valence-electron chi connectivity index (χ4n) is 2.85. The van der Waals surface area contributed by atoms with Crippen molar-refractivity contribution in [3.63, 3.8) is 0 Å². The van der Waals surface area contributed by atoms with Gasteiger partial charge in [0.2, 0.25) is 0 Å². The fraction of sp³-hybridized carbons (Fsp3) is 0.238. The average Bonchev–Trinajstić information content (AvgIpc) is 2.57. The Morgan fingerprint density at radius 1 is 1.00 bits per heavy atom. The number of aromatic nitrogens is 1. The van der Waals surface area contributed by atoms with Crippen LogP contribution in [0, 0.1) is 0 Å². The van der Waals surface area contributed by atoms with Crippen LogP contribution < -0.4 is 10.9 Å². The lowest BCUT2D eigenvalue weighted by atomic mass is 9.87. The molecule has 3 aromatic rings. The molecule has 0 atom stereocenters. The first-order chi connectivity index (χ1) is 11.8. The molecular formula is C21H22N2O2. The molecule has 0 radical (unpaired) electrons. The van der Waals surface area contributed by atoms with Crippen molar-refractivity contribution in [1.29, 1.82) is 0 Å². The Balaban J connectivity index is 1.96. The van der Waals surface area contributed by atoms with E-state index in [9.17, 15) is 9.59 Å². The monoisotopic (exact) mass is 334 g/mol. The van der Waals surface area contributed by atoms with Gasteiger partial charge < -0.3 is 9.88 Å². The summed E-state index contributed by atoms with van der Waals surface area (Å²) in [6.07, 6.45) is 0. The minimum absolute atomic E-state index is 0.0599. The predicted octanol–water partition coefficient (Wildman–Crippen LogP) is 4.09. The van der Waals surface area contributed by atoms with E-state index in [-0.39, 0.29) is 16.9 Å². The van der Waals surface area contributed by atoms with Crippen molar-refractivity contribution in [2.75, 3.05) is 5.32 Å². The maximum Gasteiger partial charge on any atom is 0.256 e. The molecule has 0 aliphatic carbocycles. The van der Waals surface area contributed by atoms with E-state index in [1.807, 2.05) is 48.5 Å². The van der Waals surface area contributed by atoms with E-state index in [0.717, 1.165) is 10.9 Å². The SMILES string of the molecule is Cn1c(=O)cc(C(=O)Nc2ccc(C(C)(C)C)cc2)c2ccccc21. The summed E-state index contributed by atoms with van der Waals surface area (Å²) in [6.45, 7) is 6.44. The number of benzene rings is 2. The van der Waals surface area contributed by atoms with E-state index in [1.165, 1.54) is 11.6 Å². The van der Waals surface area contributed by atoms with Crippen LogP contribution in [0.5, 0.6) is 0 Å². The predicted molar refractivity (Wildman–Crippen MR) is 102 cm³/mol. The van der Waals surface area contributed by atoms with E-state index in [4.69, 9.17) is 0 Å². The van der Waals surface area contributed by atoms with E-state index in [1.54, 1.807) is 11.6 Å². The van der Waals surface area contributed by atoms with E-state index in [2.05, 4.69) is 26.1 Å². The number of amides is 1. The molecule has 0 bridgehead atoms. The zero-order chi connectivity index (χ0) is 18.2. The number of carbonyl (C=O) groups excluding carboxylic acids is 1. The van der Waals surface area contributed by atoms with Gasteiger partial charge in [0.25, 0.3) is 11.5 Å². The molecule has 2 aromatic carbocycles. The van der Waals surface area contributed by atoms with E-state index >= 15 is 0 Å². The van der Waals surface area contributed by atoms with Crippen LogP contribution in [-0.4, -0.2) is 10.5 Å². The van der Waals surface area contributed by atoms with Gasteiger partial charge in [-0.05, 0) is 29.2 Å². The molecule has 0 aliphatic heterocycles. The normalized spacial score (nSPS) is 11.5. The second-order valence-corrected chi connectivity index (χ2v) is 7.25. The Bertz CT molecular complexity index is 993. The highest BCUT2D eigenvalue weighted by Crippen LogP contribution is 2.24. The van der Waals surface area contributed by atoms with Crippen LogP contribution in [0.2, 0.25) is 0 Å². The molecule has 0 spiro atoms. The number of nitrogens with one attached hydrogen (secondary N) is 1. The minimum Gasteiger partial charge on any atom is -0.322 e. The van der Waals surface area contributed by atoms with Gasteiger partial charge in [0.1, 0.15) is 0 Å². The summed E-state index contributed by atoms with van der Waals surface area (Å²) in [5, 5.41) is 3.65. The van der Waals surface area contributed by atoms with Gasteiger partial charge in [0.15, 0.2) is 0 Å². The van der Waals surface area contributed by atoms with E-state index in [0.29, 0.717) is 11.3 Å². The molecule has 0 saturated carbocycles. The zero-order valence-electron chi connectivity index (χ0n) is 15.0. The standard InChI is InChI=1S/C21H22N2O2/c1-21(2,3)14-9-11-15(12-10-14)22-20(25)17-13-19(24)23(4)18-8-6-5-7-16(17)18/h5-13H,1-4H3,(H,22,25). The molecule has 128 valence electrons. The summed E-state index contributed by atoms with van der Waals surface area (Å²) in [5.41, 5.74) is 2.89. The molecule has 1 aromatic heterocycles. The number of hydrogen-bond donors (Lipinski definition) is 1. The van der Waals surface area contributed by atoms with E-state index < -0.39 is 0 Å². The topological polar surface area (TPSA) is 51.1 Å². The summed E-state index contributed by atoms with van der Waals surface area (Å²) in [4.78, 5) is 24.9. The summed E-state index contributed by atoms with van der Waals surface area (Å²) in [6, 6.07) is 16.6. The van der Waals surface area contributed by atoms with Crippen molar-refractivity contribution < 1.29 is 4.79 Å². The van der Waals surface area contributed by atoms with Gasteiger partial charge in [-0.2, -0.15) is 0 Å². The molecule has 25 heavy (non-hydrogen) atoms. The van der Waals surface area contributed by atoms with Crippen LogP contribution in [0.1, 0.15) is 36.7 Å². The van der Waals surface area contributed by atoms with Crippen LogP contribution in [0.25, 0.3) is 10.9 Å². The summed E-state index contributed by atoms with van der Waals surface area (Å²) in [7, 11) is 1.71. The Morgan fingerprint density at radius 3 is 2.28 bits per heavy atom. The smallest absolute Gasteiger partial charge is 0.256 e. The Morgan fingerprint density at radius 2 is 1.64 bits per heavy atom. The second-order valence-electron chi connectivity index (χ2n) is 7.25. The third-order valence-electron chi connectivity index (χ3n) is 4.41. The lowest BCUT2D eigenvalue weighted by Crippen LogP contribution is -2.21. The van der Waals surface area contributed by atoms with Crippen molar-refractivity contribution in [2.45, 2.75) is 26.2 Å². The van der Waals surface area contributed by atoms with Gasteiger partial charge in [-0.1, -0.05) is 51.1 Å². The molecular weight excluding hydrogens is 312 g/mol. The number of para-hydroxylation sites is 1. The highest BCUT2D eigenvalue weighted by atomic mass is 16.2. The van der Waals surface area contributed by atoms with Crippen molar-refractivity contribution in [1.82, 2.24) is 4.57 Å². The van der Waals surface area contributed by atoms with Gasteiger partial charge in [-0.25, -0.2) is 0 Å². The maximum atomic E-state index is 12.7. The van der Waals surface area contributed by atoms with Gasteiger partial charge in [-0.3, -0.25) is 9.59 Å². The summed E-state index contributed by atoms with van der Waals surface area (Å²) < 4.78 is 1.55. The van der Waals surface area contributed by atoms with Gasteiger partial charge in [-0.15, -0.1) is 0 Å². The Labute approximate surface area is 147 Å². The molecule has 1 amide bonds. The van der Waals surface area contributed by atoms with Crippen molar-refractivity contribution in [2.24, 2.45) is 7.05 Å². The van der Waals surface area contributed by atoms with Crippen molar-refractivity contribution >= 4 is 22.5 Å². The second kappa shape index (κ2) is 6.20. The molecule has 4 nitrogen and oxygen atoms in total. The van der Waals surface area contributed by atoms with Gasteiger partial charge in [0, 0.05) is 24.2 Å². The average molecular weight is 334 g/mol. The van der Waals surface area contributed by atoms with Gasteiger partial charge in [0.05, 0.1) is 11.1 Å². The summed E-state index contributed by atoms with van der Waals surface area (Å²) in [5.74, 6) is -0.280. The van der Waals surface area contributed by atoms with Crippen LogP contribution in [0.4, 0.5) is 5.69 Å². The Hall–Kier alpha value is -2.88. The maximum absolute atomic E-state index is 12.7.